The fourth-order valence-electron chi connectivity index (χ4n) is 0. The van der Waals surface area contributed by atoms with E-state index >= 15 is 0 Å². The van der Waals surface area contributed by atoms with Crippen LogP contribution in [0.15, 0.2) is 0 Å². The molecule has 0 fully saturated rings. The van der Waals surface area contributed by atoms with Crippen LogP contribution in [0.3, 0.4) is 0 Å². The summed E-state index contributed by atoms with van der Waals surface area (Å²) >= 11 is 0. The maximum absolute atomic E-state index is 8.52. The molecule has 0 aromatic carbocycles. The molecule has 0 atom stereocenters. The Morgan fingerprint density at radius 2 is 0.364 bits per heavy atom. The Morgan fingerprint density at radius 3 is 0.364 bits per heavy atom. The molecule has 22 heteroatoms. The van der Waals surface area contributed by atoms with Crippen molar-refractivity contribution in [3.8, 4) is 0 Å². The molecule has 0 aromatic rings. The van der Waals surface area contributed by atoms with Gasteiger partial charge >= 0.3 is 44.8 Å². The van der Waals surface area contributed by atoms with E-state index in [1.54, 1.807) is 0 Å². The molecule has 0 bridgehead atoms. The van der Waals surface area contributed by atoms with Gasteiger partial charge < -0.3 is 36.4 Å². The van der Waals surface area contributed by atoms with E-state index < -0.39 is 41.6 Å². The molecule has 0 spiro atoms. The molecule has 0 aliphatic heterocycles. The van der Waals surface area contributed by atoms with Gasteiger partial charge in [-0.1, -0.05) is 0 Å². The van der Waals surface area contributed by atoms with Crippen LogP contribution >= 0.6 is 0 Å². The van der Waals surface area contributed by atoms with Crippen LogP contribution in [0, 0.1) is 0 Å². The summed E-state index contributed by atoms with van der Waals surface area (Å²) in [4.78, 5) is 0. The molecule has 22 heavy (non-hydrogen) atoms. The van der Waals surface area contributed by atoms with Crippen molar-refractivity contribution in [3.05, 3.63) is 0 Å². The van der Waals surface area contributed by atoms with Crippen LogP contribution < -0.4 is 0 Å². The van der Waals surface area contributed by atoms with Crippen molar-refractivity contribution in [1.29, 1.82) is 0 Å². The van der Waals surface area contributed by atoms with Gasteiger partial charge in [-0.3, -0.25) is 33.7 Å². The van der Waals surface area contributed by atoms with E-state index in [1.165, 1.54) is 0 Å². The minimum atomic E-state index is -5.17. The summed E-state index contributed by atoms with van der Waals surface area (Å²) in [7, 11) is -20.7. The average Bonchev–Trinajstić information content (AvgIpc) is 1.62. The smallest absolute Gasteiger partial charge is 0.759 e. The van der Waals surface area contributed by atoms with Gasteiger partial charge in [0, 0.05) is 41.6 Å². The second-order valence-electron chi connectivity index (χ2n) is 1.63. The summed E-state index contributed by atoms with van der Waals surface area (Å²) in [6, 6.07) is 0. The summed E-state index contributed by atoms with van der Waals surface area (Å²) in [5.41, 5.74) is 0. The summed E-state index contributed by atoms with van der Waals surface area (Å²) in [5.74, 6) is 0. The van der Waals surface area contributed by atoms with E-state index in [-0.39, 0.29) is 44.8 Å². The minimum Gasteiger partial charge on any atom is -0.759 e. The average molecular weight is 644 g/mol. The van der Waals surface area contributed by atoms with Crippen molar-refractivity contribution in [2.45, 2.75) is 0 Å². The Labute approximate surface area is 155 Å². The molecule has 0 N–H and O–H groups in total. The van der Waals surface area contributed by atoms with Gasteiger partial charge in [-0.25, -0.2) is 0 Å². The van der Waals surface area contributed by atoms with Gasteiger partial charge in [0.05, 0.1) is 0 Å². The maximum atomic E-state index is 8.52. The Hall–Kier alpha value is 0.948. The molecule has 2 radical (unpaired) electrons. The molecule has 0 rings (SSSR count). The summed E-state index contributed by atoms with van der Waals surface area (Å²) < 4.78 is 136. The monoisotopic (exact) mass is 644 g/mol. The first-order valence-corrected chi connectivity index (χ1v) is 8.00. The van der Waals surface area contributed by atoms with E-state index in [0.29, 0.717) is 0 Å². The fraction of sp³-hybridized carbons (Fsp3) is 0. The molecule has 0 heterocycles. The number of rotatable bonds is 0. The zero-order valence-electron chi connectivity index (χ0n) is 9.06. The third kappa shape index (κ3) is 9280. The largest absolute Gasteiger partial charge is 5.00 e. The van der Waals surface area contributed by atoms with Crippen molar-refractivity contribution in [1.82, 2.24) is 0 Å². The first-order chi connectivity index (χ1) is 8.00. The first kappa shape index (κ1) is 38.5. The molecular weight excluding hydrogens is 644 g/mol. The predicted molar refractivity (Wildman–Crippen MR) is 47.7 cm³/mol. The van der Waals surface area contributed by atoms with Gasteiger partial charge in [0.2, 0.25) is 0 Å². The van der Waals surface area contributed by atoms with Crippen LogP contribution in [0.5, 0.6) is 0 Å². The fourth-order valence-corrected chi connectivity index (χ4v) is 0. The maximum Gasteiger partial charge on any atom is 5.00 e. The molecular formula is BiO16S4V. The van der Waals surface area contributed by atoms with Crippen molar-refractivity contribution in [2.24, 2.45) is 0 Å². The van der Waals surface area contributed by atoms with Crippen LogP contribution in [-0.4, -0.2) is 96.3 Å². The Balaban J connectivity index is -0.0000000376. The zero-order valence-corrected chi connectivity index (χ0v) is 17.2. The van der Waals surface area contributed by atoms with Crippen LogP contribution in [0.25, 0.3) is 0 Å². The minimum absolute atomic E-state index is 0. The quantitative estimate of drug-likeness (QED) is 0.135. The van der Waals surface area contributed by atoms with Crippen LogP contribution in [0.4, 0.5) is 0 Å². The number of hydrogen-bond donors (Lipinski definition) is 0. The van der Waals surface area contributed by atoms with Crippen molar-refractivity contribution in [2.75, 3.05) is 0 Å². The van der Waals surface area contributed by atoms with E-state index in [4.69, 9.17) is 70.1 Å². The molecule has 130 valence electrons. The summed E-state index contributed by atoms with van der Waals surface area (Å²) in [5, 5.41) is 0. The van der Waals surface area contributed by atoms with Gasteiger partial charge in [-0.05, 0) is 0 Å². The van der Waals surface area contributed by atoms with E-state index in [2.05, 4.69) is 0 Å². The van der Waals surface area contributed by atoms with Gasteiger partial charge in [-0.2, -0.15) is 0 Å². The summed E-state index contributed by atoms with van der Waals surface area (Å²) in [6.45, 7) is 0. The standard InChI is InChI=1S/Bi.4H2O4S.V/c;4*1-5(2,3)4;/h;4*(H2,1,2,3,4);/q+3;;;;;+5/p-8. The molecule has 0 unspecified atom stereocenters. The second kappa shape index (κ2) is 15.5. The number of hydrogen-bond acceptors (Lipinski definition) is 16. The van der Waals surface area contributed by atoms with Crippen molar-refractivity contribution >= 4 is 67.8 Å². The molecule has 0 amide bonds. The normalized spacial score (nSPS) is 10.5. The Bertz CT molecular complexity index is 479. The molecule has 0 saturated carbocycles. The SMILES string of the molecule is O=S(=O)([O-])[O-].O=S(=O)([O-])[O-].O=S(=O)([O-])[O-].O=S(=O)([O-])[O-].[Bi+3].[V+5]. The molecule has 16 nitrogen and oxygen atoms in total. The Morgan fingerprint density at radius 1 is 0.364 bits per heavy atom. The van der Waals surface area contributed by atoms with Crippen LogP contribution in [0.2, 0.25) is 0 Å². The molecule has 0 aromatic heterocycles. The predicted octanol–water partition coefficient (Wildman–Crippen LogP) is -5.74. The van der Waals surface area contributed by atoms with Crippen molar-refractivity contribution < 1.29 is 88.6 Å². The van der Waals surface area contributed by atoms with E-state index in [1.807, 2.05) is 0 Å². The van der Waals surface area contributed by atoms with Gasteiger partial charge in [0.1, 0.15) is 0 Å². The third-order valence-electron chi connectivity index (χ3n) is 0. The second-order valence-corrected chi connectivity index (χ2v) is 4.90. The van der Waals surface area contributed by atoms with Crippen molar-refractivity contribution in [3.63, 3.8) is 0 Å². The van der Waals surface area contributed by atoms with Crippen LogP contribution in [-0.2, 0) is 60.2 Å². The van der Waals surface area contributed by atoms with Gasteiger partial charge in [0.25, 0.3) is 0 Å². The molecule has 0 aliphatic carbocycles. The topological polar surface area (TPSA) is 321 Å². The molecule has 0 aliphatic rings. The Kier molecular flexibility index (Phi) is 27.1. The third-order valence-corrected chi connectivity index (χ3v) is 0. The van der Waals surface area contributed by atoms with Gasteiger partial charge in [-0.15, -0.1) is 0 Å². The van der Waals surface area contributed by atoms with Crippen LogP contribution in [0.1, 0.15) is 0 Å². The van der Waals surface area contributed by atoms with E-state index in [9.17, 15) is 0 Å². The van der Waals surface area contributed by atoms with E-state index in [0.717, 1.165) is 0 Å². The zero-order chi connectivity index (χ0) is 18.0. The first-order valence-electron chi connectivity index (χ1n) is 2.67. The van der Waals surface area contributed by atoms with Gasteiger partial charge in [0.15, 0.2) is 0 Å². The summed E-state index contributed by atoms with van der Waals surface area (Å²) in [6.07, 6.45) is 0. The molecule has 0 saturated heterocycles.